The topological polar surface area (TPSA) is 13.1 Å². The molecule has 0 amide bonds. The van der Waals surface area contributed by atoms with Crippen LogP contribution in [0, 0.1) is 0 Å². The molecule has 0 bridgehead atoms. The van der Waals surface area contributed by atoms with Gasteiger partial charge in [-0.2, -0.15) is 0 Å². The molecule has 11 rings (SSSR count). The van der Waals surface area contributed by atoms with Gasteiger partial charge in [0.2, 0.25) is 0 Å². The van der Waals surface area contributed by atoms with Gasteiger partial charge in [-0.1, -0.05) is 146 Å². The summed E-state index contributed by atoms with van der Waals surface area (Å²) in [4.78, 5) is 0. The number of thiophene rings is 1. The largest absolute Gasteiger partial charge is 0.456 e. The molecule has 0 atom stereocenters. The number of hydrogen-bond acceptors (Lipinski definition) is 2. The van der Waals surface area contributed by atoms with Crippen LogP contribution in [0.25, 0.3) is 108 Å². The maximum atomic E-state index is 6.11. The van der Waals surface area contributed by atoms with Crippen molar-refractivity contribution in [2.24, 2.45) is 0 Å². The Bertz CT molecular complexity index is 3120. The second-order valence-corrected chi connectivity index (χ2v) is 14.7. The van der Waals surface area contributed by atoms with E-state index in [1.165, 1.54) is 86.2 Å². The molecule has 0 aliphatic rings. The maximum Gasteiger partial charge on any atom is 0.135 e. The van der Waals surface area contributed by atoms with E-state index in [2.05, 4.69) is 170 Å². The third kappa shape index (κ3) is 4.48. The van der Waals surface area contributed by atoms with E-state index in [-0.39, 0.29) is 0 Å². The molecule has 0 spiro atoms. The summed E-state index contributed by atoms with van der Waals surface area (Å²) in [6.45, 7) is 0. The van der Waals surface area contributed by atoms with Crippen molar-refractivity contribution in [2.45, 2.75) is 0 Å². The van der Waals surface area contributed by atoms with Crippen molar-refractivity contribution in [2.75, 3.05) is 0 Å². The second-order valence-electron chi connectivity index (χ2n) is 13.6. The first-order valence-corrected chi connectivity index (χ1v) is 18.6. The van der Waals surface area contributed by atoms with Gasteiger partial charge in [0.05, 0.1) is 0 Å². The van der Waals surface area contributed by atoms with Gasteiger partial charge < -0.3 is 4.42 Å². The van der Waals surface area contributed by atoms with Crippen LogP contribution in [0.5, 0.6) is 0 Å². The minimum absolute atomic E-state index is 0.918. The Morgan fingerprint density at radius 1 is 0.288 bits per heavy atom. The smallest absolute Gasteiger partial charge is 0.135 e. The third-order valence-electron chi connectivity index (χ3n) is 10.7. The molecule has 0 saturated heterocycles. The van der Waals surface area contributed by atoms with Gasteiger partial charge in [0.25, 0.3) is 0 Å². The molecule has 2 aromatic heterocycles. The van der Waals surface area contributed by atoms with Crippen molar-refractivity contribution >= 4 is 75.0 Å². The quantitative estimate of drug-likeness (QED) is 0.169. The number of fused-ring (bicyclic) bond motifs is 8. The zero-order valence-electron chi connectivity index (χ0n) is 28.1. The summed E-state index contributed by atoms with van der Waals surface area (Å²) < 4.78 is 8.76. The fourth-order valence-electron chi connectivity index (χ4n) is 8.31. The van der Waals surface area contributed by atoms with Crippen LogP contribution < -0.4 is 0 Å². The van der Waals surface area contributed by atoms with Gasteiger partial charge in [-0.05, 0) is 102 Å². The van der Waals surface area contributed by atoms with Gasteiger partial charge in [-0.25, -0.2) is 0 Å². The molecule has 242 valence electrons. The third-order valence-corrected chi connectivity index (χ3v) is 11.9. The van der Waals surface area contributed by atoms with E-state index in [9.17, 15) is 0 Å². The molecule has 0 aliphatic carbocycles. The molecule has 2 heteroatoms. The van der Waals surface area contributed by atoms with E-state index in [1.54, 1.807) is 0 Å². The second kappa shape index (κ2) is 11.5. The monoisotopic (exact) mass is 678 g/mol. The SMILES string of the molecule is c1ccc(-c2c3ccccc3c(-c3ccc(-c4ccc5oc6ccccc6c5c4)cc3)c3ccccc23)c(-c2ccc3sc4ccccc4c3c2)c1. The highest BCUT2D eigenvalue weighted by Gasteiger charge is 2.19. The van der Waals surface area contributed by atoms with Crippen LogP contribution in [0.2, 0.25) is 0 Å². The molecule has 0 saturated carbocycles. The Balaban J connectivity index is 1.08. The number of benzene rings is 9. The molecular weight excluding hydrogens is 649 g/mol. The van der Waals surface area contributed by atoms with Crippen molar-refractivity contribution in [3.63, 3.8) is 0 Å². The minimum Gasteiger partial charge on any atom is -0.456 e. The lowest BCUT2D eigenvalue weighted by Crippen LogP contribution is -1.92. The molecule has 0 unspecified atom stereocenters. The van der Waals surface area contributed by atoms with Crippen LogP contribution >= 0.6 is 11.3 Å². The van der Waals surface area contributed by atoms with E-state index in [4.69, 9.17) is 4.42 Å². The summed E-state index contributed by atoms with van der Waals surface area (Å²) in [7, 11) is 0. The summed E-state index contributed by atoms with van der Waals surface area (Å²) >= 11 is 1.87. The highest BCUT2D eigenvalue weighted by molar-refractivity contribution is 7.25. The zero-order chi connectivity index (χ0) is 34.2. The van der Waals surface area contributed by atoms with Crippen molar-refractivity contribution in [3.8, 4) is 44.5 Å². The van der Waals surface area contributed by atoms with Crippen LogP contribution in [0.4, 0.5) is 0 Å². The van der Waals surface area contributed by atoms with Gasteiger partial charge in [0, 0.05) is 30.9 Å². The van der Waals surface area contributed by atoms with E-state index < -0.39 is 0 Å². The molecular formula is C50H30OS. The van der Waals surface area contributed by atoms with Crippen LogP contribution in [-0.4, -0.2) is 0 Å². The molecule has 52 heavy (non-hydrogen) atoms. The molecule has 0 N–H and O–H groups in total. The predicted molar refractivity (Wildman–Crippen MR) is 223 cm³/mol. The van der Waals surface area contributed by atoms with E-state index in [0.29, 0.717) is 0 Å². The van der Waals surface area contributed by atoms with E-state index in [0.717, 1.165) is 21.9 Å². The maximum absolute atomic E-state index is 6.11. The van der Waals surface area contributed by atoms with Gasteiger partial charge >= 0.3 is 0 Å². The fourth-order valence-corrected chi connectivity index (χ4v) is 9.40. The van der Waals surface area contributed by atoms with Crippen LogP contribution in [0.15, 0.2) is 186 Å². The normalized spacial score (nSPS) is 11.8. The minimum atomic E-state index is 0.918. The first-order valence-electron chi connectivity index (χ1n) is 17.8. The van der Waals surface area contributed by atoms with Crippen LogP contribution in [0.1, 0.15) is 0 Å². The standard InChI is InChI=1S/C50H30OS/c1-2-14-38(35(11-1)34-26-28-48-44(30-34)37-13-8-10-20-47(37)52-48)50-41-17-5-3-15-39(41)49(40-16-4-6-18-42(40)50)32-23-21-31(22-24-32)33-25-27-46-43(29-33)36-12-7-9-19-45(36)51-46/h1-30H. The van der Waals surface area contributed by atoms with Crippen molar-refractivity contribution in [1.29, 1.82) is 0 Å². The molecule has 9 aromatic carbocycles. The van der Waals surface area contributed by atoms with E-state index >= 15 is 0 Å². The number of para-hydroxylation sites is 1. The van der Waals surface area contributed by atoms with Crippen molar-refractivity contribution < 1.29 is 4.42 Å². The Labute approximate surface area is 304 Å². The number of furan rings is 1. The summed E-state index contributed by atoms with van der Waals surface area (Å²) in [5, 5.41) is 9.96. The fraction of sp³-hybridized carbons (Fsp3) is 0. The Kier molecular flexibility index (Phi) is 6.49. The number of rotatable bonds is 4. The van der Waals surface area contributed by atoms with Gasteiger partial charge in [0.1, 0.15) is 11.2 Å². The van der Waals surface area contributed by atoms with Gasteiger partial charge in [-0.3, -0.25) is 0 Å². The summed E-state index contributed by atoms with van der Waals surface area (Å²) in [5.74, 6) is 0. The summed E-state index contributed by atoms with van der Waals surface area (Å²) in [6.07, 6.45) is 0. The molecule has 0 aliphatic heterocycles. The van der Waals surface area contributed by atoms with E-state index in [1.807, 2.05) is 23.5 Å². The Morgan fingerprint density at radius 3 is 1.54 bits per heavy atom. The summed E-state index contributed by atoms with van der Waals surface area (Å²) in [5.41, 5.74) is 11.7. The Hall–Kier alpha value is -6.48. The highest BCUT2D eigenvalue weighted by Crippen LogP contribution is 2.47. The lowest BCUT2D eigenvalue weighted by Gasteiger charge is -2.20. The molecule has 11 aromatic rings. The Morgan fingerprint density at radius 2 is 0.788 bits per heavy atom. The number of hydrogen-bond donors (Lipinski definition) is 0. The first kappa shape index (κ1) is 29.3. The molecule has 0 fully saturated rings. The lowest BCUT2D eigenvalue weighted by atomic mass is 9.83. The van der Waals surface area contributed by atoms with Gasteiger partial charge in [0.15, 0.2) is 0 Å². The predicted octanol–water partition coefficient (Wildman–Crippen LogP) is 14.9. The van der Waals surface area contributed by atoms with Gasteiger partial charge in [-0.15, -0.1) is 11.3 Å². The van der Waals surface area contributed by atoms with Crippen LogP contribution in [-0.2, 0) is 0 Å². The summed E-state index contributed by atoms with van der Waals surface area (Å²) in [6, 6.07) is 66.4. The average Bonchev–Trinajstić information content (AvgIpc) is 3.78. The van der Waals surface area contributed by atoms with Crippen molar-refractivity contribution in [3.05, 3.63) is 182 Å². The lowest BCUT2D eigenvalue weighted by molar-refractivity contribution is 0.669. The average molecular weight is 679 g/mol. The van der Waals surface area contributed by atoms with Crippen molar-refractivity contribution in [1.82, 2.24) is 0 Å². The molecule has 0 radical (unpaired) electrons. The van der Waals surface area contributed by atoms with Crippen LogP contribution in [0.3, 0.4) is 0 Å². The first-order chi connectivity index (χ1) is 25.8. The zero-order valence-corrected chi connectivity index (χ0v) is 29.0. The molecule has 2 heterocycles. The highest BCUT2D eigenvalue weighted by atomic mass is 32.1. The molecule has 1 nitrogen and oxygen atoms in total.